The minimum atomic E-state index is -2.21. The van der Waals surface area contributed by atoms with Crippen LogP contribution in [-0.4, -0.2) is 188 Å². The van der Waals surface area contributed by atoms with Crippen molar-refractivity contribution in [2.75, 3.05) is 19.8 Å². The van der Waals surface area contributed by atoms with Crippen LogP contribution in [-0.2, 0) is 75.2 Å². The first-order valence-corrected chi connectivity index (χ1v) is 25.9. The fourth-order valence-electron chi connectivity index (χ4n) is 7.99. The number of phenols is 1. The molecule has 10 atom stereocenters. The number of hydrogen-bond acceptors (Lipinski definition) is 19. The van der Waals surface area contributed by atoms with Crippen molar-refractivity contribution in [3.8, 4) is 5.75 Å². The minimum absolute atomic E-state index is 0.162. The number of ketones is 2. The average Bonchev–Trinajstić information content (AvgIpc) is 3.50. The van der Waals surface area contributed by atoms with Crippen molar-refractivity contribution in [1.29, 1.82) is 0 Å². The number of aliphatic hydroxyl groups is 2. The summed E-state index contributed by atoms with van der Waals surface area (Å²) in [5.74, 6) is -19.2. The molecule has 0 bridgehead atoms. The van der Waals surface area contributed by atoms with Gasteiger partial charge in [0.2, 0.25) is 58.8 Å². The number of hydrogen-bond donors (Lipinski definition) is 18. The number of urea groups is 1. The Bertz CT molecular complexity index is 2700. The molecule has 0 radical (unpaired) electrons. The largest absolute Gasteiger partial charge is 0.508 e. The number of carboxylic acid groups (broad SMARTS) is 2. The number of carbonyl (C=O) groups excluding carboxylic acids is 12. The fourth-order valence-corrected chi connectivity index (χ4v) is 7.99. The van der Waals surface area contributed by atoms with E-state index in [1.807, 2.05) is 16.0 Å². The summed E-state index contributed by atoms with van der Waals surface area (Å²) in [4.78, 5) is 189. The predicted octanol–water partition coefficient (Wildman–Crippen LogP) is -6.78. The molecule has 2 aromatic carbocycles. The van der Waals surface area contributed by atoms with Gasteiger partial charge in [-0.05, 0) is 47.9 Å². The monoisotopic (exact) mass is 1170 g/mol. The zero-order valence-electron chi connectivity index (χ0n) is 45.6. The summed E-state index contributed by atoms with van der Waals surface area (Å²) in [6.45, 7) is 2.88. The normalized spacial score (nSPS) is 24.8. The molecule has 0 saturated carbocycles. The molecule has 5 unspecified atom stereocenters. The number of amides is 11. The number of rotatable bonds is 16. The summed E-state index contributed by atoms with van der Waals surface area (Å²) in [5.41, 5.74) is 16.8. The molecule has 83 heavy (non-hydrogen) atoms. The SMILES string of the molecule is CC(C)C[C@@H]1NC(=O)NC(CN)C(=O)NNC(Cc2ccc(O)cc2)C(=O)N[C@@H](Cc2ccccc2)C(=O)NC(CC(=O)O)C(=O)N[C@@H](CC(=O)O)C(=O)NC(CO)C(=O)N[C@@H](CO)C(=O)NC(CC(N)=O)C(=O)N[C@@H](C(C)C)C(=O)C1=O. The quantitative estimate of drug-likeness (QED) is 0.0695. The van der Waals surface area contributed by atoms with Crippen LogP contribution in [0, 0.1) is 11.8 Å². The number of primary amides is 1. The molecule has 0 spiro atoms. The molecule has 0 aromatic heterocycles. The topological polar surface area (TPSA) is 524 Å². The first-order chi connectivity index (χ1) is 39.1. The molecule has 32 heteroatoms. The summed E-state index contributed by atoms with van der Waals surface area (Å²) in [6.07, 6.45) is -4.34. The highest BCUT2D eigenvalue weighted by molar-refractivity contribution is 6.41. The van der Waals surface area contributed by atoms with Gasteiger partial charge in [0.05, 0.1) is 44.6 Å². The van der Waals surface area contributed by atoms with Gasteiger partial charge in [-0.3, -0.25) is 67.8 Å². The molecule has 1 saturated heterocycles. The number of aliphatic carboxylic acids is 2. The molecule has 2 aromatic rings. The van der Waals surface area contributed by atoms with Crippen LogP contribution < -0.4 is 70.2 Å². The number of phenolic OH excluding ortho intramolecular Hbond substituents is 1. The third-order valence-corrected chi connectivity index (χ3v) is 12.3. The van der Waals surface area contributed by atoms with E-state index in [1.54, 1.807) is 44.2 Å². The molecule has 1 aliphatic heterocycles. The van der Waals surface area contributed by atoms with E-state index in [4.69, 9.17) is 11.5 Å². The van der Waals surface area contributed by atoms with Gasteiger partial charge in [-0.1, -0.05) is 70.2 Å². The van der Waals surface area contributed by atoms with Crippen LogP contribution in [0.2, 0.25) is 0 Å². The number of carbonyl (C=O) groups is 14. The Labute approximate surface area is 474 Å². The Morgan fingerprint density at radius 1 is 0.482 bits per heavy atom. The standard InChI is InChI=1S/C51H71N13O19/c1-23(2)14-28-41(73)42(74)40(24(3)4)62-46(78)30(17-37(53)68)55-48(80)35(21-65)59-49(81)36(22-66)58-45(77)32(19-39(71)72)57-44(76)31(18-38(69)70)56-43(75)29(15-25-8-6-5-7-9-25)54-47(79)33(16-26-10-12-27(67)13-11-26)63-64-50(82)34(20-52)61-51(83)60-28/h5-13,23-24,28-36,40,63,65-67H,14-22,52H2,1-4H3,(H2,53,68)(H,54,79)(H,55,80)(H,56,75)(H,57,76)(H,58,77)(H,59,81)(H,62,78)(H,64,82)(H,69,70)(H,71,72)(H2,60,61,83)/t28-,29-,30?,31?,32-,33?,34?,35-,36?,40-/m0/s1. The van der Waals surface area contributed by atoms with Crippen LogP contribution in [0.1, 0.15) is 64.5 Å². The van der Waals surface area contributed by atoms with Crippen LogP contribution >= 0.6 is 0 Å². The maximum atomic E-state index is 14.4. The molecule has 1 aliphatic rings. The molecular formula is C51H71N13O19. The van der Waals surface area contributed by atoms with Gasteiger partial charge in [-0.15, -0.1) is 0 Å². The number of benzene rings is 2. The van der Waals surface area contributed by atoms with Crippen LogP contribution in [0.3, 0.4) is 0 Å². The van der Waals surface area contributed by atoms with Gasteiger partial charge in [-0.25, -0.2) is 10.2 Å². The van der Waals surface area contributed by atoms with Crippen molar-refractivity contribution in [3.63, 3.8) is 0 Å². The van der Waals surface area contributed by atoms with E-state index >= 15 is 0 Å². The van der Waals surface area contributed by atoms with Crippen molar-refractivity contribution in [3.05, 3.63) is 65.7 Å². The Morgan fingerprint density at radius 3 is 1.35 bits per heavy atom. The van der Waals surface area contributed by atoms with Crippen molar-refractivity contribution in [2.24, 2.45) is 23.3 Å². The highest BCUT2D eigenvalue weighted by Crippen LogP contribution is 2.15. The molecule has 11 amide bonds. The first kappa shape index (κ1) is 68.1. The lowest BCUT2D eigenvalue weighted by atomic mass is 9.90. The van der Waals surface area contributed by atoms with Crippen LogP contribution in [0.25, 0.3) is 0 Å². The van der Waals surface area contributed by atoms with Gasteiger partial charge < -0.3 is 84.9 Å². The maximum absolute atomic E-state index is 14.4. The minimum Gasteiger partial charge on any atom is -0.508 e. The van der Waals surface area contributed by atoms with Crippen molar-refractivity contribution in [1.82, 2.24) is 58.7 Å². The van der Waals surface area contributed by atoms with Crippen molar-refractivity contribution in [2.45, 2.75) is 127 Å². The lowest BCUT2D eigenvalue weighted by Crippen LogP contribution is -2.63. The number of nitrogens with two attached hydrogens (primary N) is 2. The zero-order valence-corrected chi connectivity index (χ0v) is 45.6. The molecule has 32 nitrogen and oxygen atoms in total. The van der Waals surface area contributed by atoms with Crippen LogP contribution in [0.15, 0.2) is 54.6 Å². The van der Waals surface area contributed by atoms with E-state index in [0.717, 1.165) is 0 Å². The Kier molecular flexibility index (Phi) is 27.0. The lowest BCUT2D eigenvalue weighted by molar-refractivity contribution is -0.143. The Balaban J connectivity index is 2.21. The van der Waals surface area contributed by atoms with E-state index in [-0.39, 0.29) is 25.0 Å². The van der Waals surface area contributed by atoms with E-state index in [2.05, 4.69) is 42.8 Å². The second-order valence-electron chi connectivity index (χ2n) is 19.9. The fraction of sp³-hybridized carbons (Fsp3) is 0.490. The van der Waals surface area contributed by atoms with E-state index in [1.165, 1.54) is 38.1 Å². The van der Waals surface area contributed by atoms with Gasteiger partial charge in [0.1, 0.15) is 54.1 Å². The molecule has 1 fully saturated rings. The summed E-state index contributed by atoms with van der Waals surface area (Å²) in [5, 5.41) is 69.4. The molecule has 0 aliphatic carbocycles. The summed E-state index contributed by atoms with van der Waals surface area (Å²) < 4.78 is 0. The highest BCUT2D eigenvalue weighted by atomic mass is 16.4. The zero-order chi connectivity index (χ0) is 62.2. The van der Waals surface area contributed by atoms with Gasteiger partial charge in [0.15, 0.2) is 0 Å². The number of hydrazine groups is 1. The molecule has 20 N–H and O–H groups in total. The summed E-state index contributed by atoms with van der Waals surface area (Å²) >= 11 is 0. The second kappa shape index (κ2) is 32.9. The van der Waals surface area contributed by atoms with Gasteiger partial charge >= 0.3 is 18.0 Å². The number of aliphatic hydroxyl groups excluding tert-OH is 2. The average molecular weight is 1170 g/mol. The summed E-state index contributed by atoms with van der Waals surface area (Å²) in [6, 6.07) is -6.74. The van der Waals surface area contributed by atoms with Gasteiger partial charge in [0.25, 0.3) is 5.91 Å². The lowest BCUT2D eigenvalue weighted by Gasteiger charge is -2.28. The van der Waals surface area contributed by atoms with E-state index in [0.29, 0.717) is 11.1 Å². The molecule has 3 rings (SSSR count). The summed E-state index contributed by atoms with van der Waals surface area (Å²) in [7, 11) is 0. The predicted molar refractivity (Wildman–Crippen MR) is 286 cm³/mol. The third-order valence-electron chi connectivity index (χ3n) is 12.3. The van der Waals surface area contributed by atoms with Crippen LogP contribution in [0.4, 0.5) is 4.79 Å². The van der Waals surface area contributed by atoms with Crippen LogP contribution in [0.5, 0.6) is 5.75 Å². The highest BCUT2D eigenvalue weighted by Gasteiger charge is 2.39. The molecular weight excluding hydrogens is 1100 g/mol. The molecule has 1 heterocycles. The van der Waals surface area contributed by atoms with Gasteiger partial charge in [0, 0.05) is 13.0 Å². The first-order valence-electron chi connectivity index (χ1n) is 25.9. The molecule has 454 valence electrons. The van der Waals surface area contributed by atoms with Crippen molar-refractivity contribution < 1.29 is 92.7 Å². The van der Waals surface area contributed by atoms with E-state index in [9.17, 15) is 92.7 Å². The Hall–Kier alpha value is -9.14. The Morgan fingerprint density at radius 2 is 0.892 bits per heavy atom. The second-order valence-corrected chi connectivity index (χ2v) is 19.9. The van der Waals surface area contributed by atoms with Crippen molar-refractivity contribution >= 4 is 82.7 Å². The number of nitrogens with one attached hydrogen (secondary N) is 11. The smallest absolute Gasteiger partial charge is 0.316 e. The number of carboxylic acids is 2. The number of Topliss-reactive ketones (excluding diaryl/α,β-unsaturated/α-hetero) is 2. The van der Waals surface area contributed by atoms with E-state index < -0.39 is 194 Å². The maximum Gasteiger partial charge on any atom is 0.316 e. The number of aromatic hydroxyl groups is 1. The third kappa shape index (κ3) is 22.4. The van der Waals surface area contributed by atoms with Gasteiger partial charge in [-0.2, -0.15) is 0 Å².